The van der Waals surface area contributed by atoms with Gasteiger partial charge < -0.3 is 10.2 Å². The molecule has 2 aromatic carbocycles. The Morgan fingerprint density at radius 1 is 1.04 bits per heavy atom. The van der Waals surface area contributed by atoms with Gasteiger partial charge in [0.15, 0.2) is 0 Å². The lowest BCUT2D eigenvalue weighted by atomic mass is 10.1. The topological polar surface area (TPSA) is 32.3 Å². The predicted octanol–water partition coefficient (Wildman–Crippen LogP) is 4.01. The van der Waals surface area contributed by atoms with Crippen LogP contribution in [-0.2, 0) is 17.9 Å². The van der Waals surface area contributed by atoms with E-state index in [0.717, 1.165) is 36.5 Å². The second kappa shape index (κ2) is 8.32. The van der Waals surface area contributed by atoms with Crippen LogP contribution in [0.1, 0.15) is 30.4 Å². The molecule has 1 N–H and O–H groups in total. The number of hydrogen-bond acceptors (Lipinski definition) is 2. The maximum atomic E-state index is 12.2. The first kappa shape index (κ1) is 17.0. The summed E-state index contributed by atoms with van der Waals surface area (Å²) in [5.41, 5.74) is 2.43. The number of rotatable bonds is 7. The molecule has 3 rings (SSSR count). The van der Waals surface area contributed by atoms with E-state index in [9.17, 15) is 4.79 Å². The molecule has 0 bridgehead atoms. The van der Waals surface area contributed by atoms with Gasteiger partial charge in [-0.3, -0.25) is 4.79 Å². The fourth-order valence-corrected chi connectivity index (χ4v) is 3.32. The number of likely N-dealkylation sites (tertiary alicyclic amines) is 1. The van der Waals surface area contributed by atoms with Gasteiger partial charge in [0.2, 0.25) is 5.91 Å². The number of hydrogen-bond donors (Lipinski definition) is 1. The zero-order valence-electron chi connectivity index (χ0n) is 13.7. The van der Waals surface area contributed by atoms with Crippen molar-refractivity contribution in [1.82, 2.24) is 10.2 Å². The standard InChI is InChI=1S/C20H23ClN2O/c21-18-8-6-17(7-9-18)15-23-19(10-11-20(23)24)12-13-22-14-16-4-2-1-3-5-16/h1-9,19,22H,10-15H2. The average Bonchev–Trinajstić information content (AvgIpc) is 2.95. The average molecular weight is 343 g/mol. The van der Waals surface area contributed by atoms with Crippen LogP contribution < -0.4 is 5.32 Å². The van der Waals surface area contributed by atoms with Gasteiger partial charge in [-0.15, -0.1) is 0 Å². The van der Waals surface area contributed by atoms with Gasteiger partial charge in [0.1, 0.15) is 0 Å². The molecule has 0 spiro atoms. The van der Waals surface area contributed by atoms with Crippen molar-refractivity contribution in [3.05, 3.63) is 70.7 Å². The van der Waals surface area contributed by atoms with Crippen molar-refractivity contribution >= 4 is 17.5 Å². The van der Waals surface area contributed by atoms with Crippen LogP contribution in [0.5, 0.6) is 0 Å². The van der Waals surface area contributed by atoms with Crippen LogP contribution in [0, 0.1) is 0 Å². The molecular weight excluding hydrogens is 320 g/mol. The van der Waals surface area contributed by atoms with Crippen molar-refractivity contribution in [3.8, 4) is 0 Å². The normalized spacial score (nSPS) is 17.5. The third kappa shape index (κ3) is 4.59. The minimum atomic E-state index is 0.262. The Morgan fingerprint density at radius 3 is 2.54 bits per heavy atom. The lowest BCUT2D eigenvalue weighted by Crippen LogP contribution is -2.34. The Kier molecular flexibility index (Phi) is 5.89. The van der Waals surface area contributed by atoms with E-state index in [-0.39, 0.29) is 5.91 Å². The minimum absolute atomic E-state index is 0.262. The number of nitrogens with one attached hydrogen (secondary N) is 1. The molecule has 3 nitrogen and oxygen atoms in total. The summed E-state index contributed by atoms with van der Waals surface area (Å²) >= 11 is 5.93. The van der Waals surface area contributed by atoms with E-state index in [1.54, 1.807) is 0 Å². The third-order valence-corrected chi connectivity index (χ3v) is 4.80. The second-order valence-corrected chi connectivity index (χ2v) is 6.73. The zero-order chi connectivity index (χ0) is 16.8. The van der Waals surface area contributed by atoms with Crippen molar-refractivity contribution in [2.75, 3.05) is 6.54 Å². The highest BCUT2D eigenvalue weighted by Crippen LogP contribution is 2.24. The molecular formula is C20H23ClN2O. The number of benzene rings is 2. The molecule has 1 atom stereocenters. The van der Waals surface area contributed by atoms with E-state index < -0.39 is 0 Å². The summed E-state index contributed by atoms with van der Waals surface area (Å²) in [6.07, 6.45) is 2.61. The van der Waals surface area contributed by atoms with Gasteiger partial charge in [-0.25, -0.2) is 0 Å². The van der Waals surface area contributed by atoms with Gasteiger partial charge in [-0.1, -0.05) is 54.1 Å². The van der Waals surface area contributed by atoms with E-state index in [0.29, 0.717) is 19.0 Å². The molecule has 4 heteroatoms. The summed E-state index contributed by atoms with van der Waals surface area (Å²) in [6.45, 7) is 2.47. The smallest absolute Gasteiger partial charge is 0.223 e. The van der Waals surface area contributed by atoms with Crippen molar-refractivity contribution < 1.29 is 4.79 Å². The number of amides is 1. The molecule has 1 amide bonds. The summed E-state index contributed by atoms with van der Waals surface area (Å²) in [5.74, 6) is 0.262. The maximum absolute atomic E-state index is 12.2. The highest BCUT2D eigenvalue weighted by atomic mass is 35.5. The van der Waals surface area contributed by atoms with Crippen LogP contribution in [0.3, 0.4) is 0 Å². The Labute approximate surface area is 148 Å². The largest absolute Gasteiger partial charge is 0.335 e. The lowest BCUT2D eigenvalue weighted by Gasteiger charge is -2.25. The second-order valence-electron chi connectivity index (χ2n) is 6.29. The molecule has 0 aliphatic carbocycles. The van der Waals surface area contributed by atoms with Gasteiger partial charge in [0.05, 0.1) is 0 Å². The van der Waals surface area contributed by atoms with E-state index >= 15 is 0 Å². The third-order valence-electron chi connectivity index (χ3n) is 4.55. The van der Waals surface area contributed by atoms with Gasteiger partial charge in [-0.2, -0.15) is 0 Å². The Hall–Kier alpha value is -1.84. The quantitative estimate of drug-likeness (QED) is 0.771. The van der Waals surface area contributed by atoms with Gasteiger partial charge in [0, 0.05) is 30.6 Å². The molecule has 24 heavy (non-hydrogen) atoms. The first-order valence-electron chi connectivity index (χ1n) is 8.51. The van der Waals surface area contributed by atoms with E-state index in [1.807, 2.05) is 35.2 Å². The SMILES string of the molecule is O=C1CCC(CCNCc2ccccc2)N1Cc1ccc(Cl)cc1. The molecule has 0 radical (unpaired) electrons. The van der Waals surface area contributed by atoms with Crippen molar-refractivity contribution in [1.29, 1.82) is 0 Å². The first-order chi connectivity index (χ1) is 11.7. The van der Waals surface area contributed by atoms with Gasteiger partial charge in [-0.05, 0) is 42.6 Å². The van der Waals surface area contributed by atoms with Crippen LogP contribution in [0.4, 0.5) is 0 Å². The van der Waals surface area contributed by atoms with E-state index in [2.05, 4.69) is 29.6 Å². The number of carbonyl (C=O) groups is 1. The molecule has 1 saturated heterocycles. The maximum Gasteiger partial charge on any atom is 0.223 e. The molecule has 126 valence electrons. The number of halogens is 1. The zero-order valence-corrected chi connectivity index (χ0v) is 14.5. The lowest BCUT2D eigenvalue weighted by molar-refractivity contribution is -0.129. The van der Waals surface area contributed by atoms with Crippen LogP contribution in [0.15, 0.2) is 54.6 Å². The molecule has 0 saturated carbocycles. The van der Waals surface area contributed by atoms with Crippen molar-refractivity contribution in [3.63, 3.8) is 0 Å². The Bertz CT molecular complexity index is 657. The summed E-state index contributed by atoms with van der Waals surface area (Å²) in [7, 11) is 0. The van der Waals surface area contributed by atoms with E-state index in [4.69, 9.17) is 11.6 Å². The van der Waals surface area contributed by atoms with Crippen LogP contribution in [0.25, 0.3) is 0 Å². The van der Waals surface area contributed by atoms with Crippen LogP contribution >= 0.6 is 11.6 Å². The molecule has 1 heterocycles. The van der Waals surface area contributed by atoms with Gasteiger partial charge >= 0.3 is 0 Å². The van der Waals surface area contributed by atoms with Crippen molar-refractivity contribution in [2.45, 2.75) is 38.4 Å². The monoisotopic (exact) mass is 342 g/mol. The minimum Gasteiger partial charge on any atom is -0.335 e. The first-order valence-corrected chi connectivity index (χ1v) is 8.89. The summed E-state index contributed by atoms with van der Waals surface area (Å²) in [5, 5.41) is 4.21. The molecule has 1 fully saturated rings. The summed E-state index contributed by atoms with van der Waals surface area (Å²) in [6, 6.07) is 18.5. The highest BCUT2D eigenvalue weighted by Gasteiger charge is 2.30. The van der Waals surface area contributed by atoms with Crippen LogP contribution in [-0.4, -0.2) is 23.4 Å². The highest BCUT2D eigenvalue weighted by molar-refractivity contribution is 6.30. The molecule has 2 aromatic rings. The summed E-state index contributed by atoms with van der Waals surface area (Å²) < 4.78 is 0. The Balaban J connectivity index is 1.48. The predicted molar refractivity (Wildman–Crippen MR) is 97.8 cm³/mol. The van der Waals surface area contributed by atoms with Crippen molar-refractivity contribution in [2.24, 2.45) is 0 Å². The van der Waals surface area contributed by atoms with Crippen LogP contribution in [0.2, 0.25) is 5.02 Å². The fourth-order valence-electron chi connectivity index (χ4n) is 3.19. The summed E-state index contributed by atoms with van der Waals surface area (Å²) in [4.78, 5) is 14.2. The fraction of sp³-hybridized carbons (Fsp3) is 0.350. The Morgan fingerprint density at radius 2 is 1.79 bits per heavy atom. The molecule has 1 aliphatic rings. The molecule has 1 aliphatic heterocycles. The van der Waals surface area contributed by atoms with Gasteiger partial charge in [0.25, 0.3) is 0 Å². The number of carbonyl (C=O) groups excluding carboxylic acids is 1. The van der Waals surface area contributed by atoms with E-state index in [1.165, 1.54) is 5.56 Å². The molecule has 1 unspecified atom stereocenters. The number of nitrogens with zero attached hydrogens (tertiary/aromatic N) is 1. The molecule has 0 aromatic heterocycles.